The highest BCUT2D eigenvalue weighted by Crippen LogP contribution is 2.16. The Balaban J connectivity index is 2.06. The first-order valence-corrected chi connectivity index (χ1v) is 6.22. The van der Waals surface area contributed by atoms with Crippen LogP contribution in [0.3, 0.4) is 0 Å². The van der Waals surface area contributed by atoms with Crippen molar-refractivity contribution in [1.29, 1.82) is 5.26 Å². The summed E-state index contributed by atoms with van der Waals surface area (Å²) in [7, 11) is 1.51. The minimum absolute atomic E-state index is 0.00141. The van der Waals surface area contributed by atoms with Crippen molar-refractivity contribution in [2.24, 2.45) is 0 Å². The molecule has 0 saturated carbocycles. The van der Waals surface area contributed by atoms with Crippen molar-refractivity contribution in [3.8, 4) is 11.9 Å². The van der Waals surface area contributed by atoms with Crippen molar-refractivity contribution in [1.82, 2.24) is 10.3 Å². The Bertz CT molecular complexity index is 660. The van der Waals surface area contributed by atoms with E-state index in [9.17, 15) is 8.78 Å². The molecular formula is C15H13F2N3O. The van der Waals surface area contributed by atoms with Crippen LogP contribution in [0, 0.1) is 23.0 Å². The van der Waals surface area contributed by atoms with Crippen molar-refractivity contribution >= 4 is 0 Å². The number of rotatable bonds is 5. The minimum atomic E-state index is -0.739. The molecule has 0 aliphatic carbocycles. The molecule has 0 unspecified atom stereocenters. The van der Waals surface area contributed by atoms with Crippen LogP contribution in [-0.2, 0) is 13.1 Å². The Morgan fingerprint density at radius 2 is 2.00 bits per heavy atom. The molecule has 2 aromatic rings. The molecule has 1 aromatic carbocycles. The smallest absolute Gasteiger partial charge is 0.217 e. The molecule has 0 saturated heterocycles. The summed E-state index contributed by atoms with van der Waals surface area (Å²) in [6.45, 7) is 0.358. The number of methoxy groups -OCH3 is 1. The van der Waals surface area contributed by atoms with Crippen LogP contribution in [0.5, 0.6) is 5.88 Å². The van der Waals surface area contributed by atoms with E-state index in [1.54, 1.807) is 18.3 Å². The van der Waals surface area contributed by atoms with Gasteiger partial charge in [-0.25, -0.2) is 13.8 Å². The van der Waals surface area contributed by atoms with Crippen molar-refractivity contribution in [2.75, 3.05) is 7.11 Å². The number of benzene rings is 1. The summed E-state index contributed by atoms with van der Waals surface area (Å²) in [6.07, 6.45) is 1.60. The predicted octanol–water partition coefficient (Wildman–Crippen LogP) is 2.53. The molecule has 0 aliphatic rings. The lowest BCUT2D eigenvalue weighted by Crippen LogP contribution is -2.16. The normalized spacial score (nSPS) is 10.2. The standard InChI is InChI=1S/C15H13F2N3O/c1-21-15-11(3-2-4-20-15)8-19-9-12-13(16)5-10(7-18)6-14(12)17/h2-6,19H,8-9H2,1H3. The summed E-state index contributed by atoms with van der Waals surface area (Å²) < 4.78 is 32.5. The zero-order valence-electron chi connectivity index (χ0n) is 11.4. The fourth-order valence-electron chi connectivity index (χ4n) is 1.90. The Hall–Kier alpha value is -2.52. The van der Waals surface area contributed by atoms with Crippen LogP contribution < -0.4 is 10.1 Å². The monoisotopic (exact) mass is 289 g/mol. The third-order valence-corrected chi connectivity index (χ3v) is 2.93. The number of ether oxygens (including phenoxy) is 1. The molecule has 0 aliphatic heterocycles. The van der Waals surface area contributed by atoms with Gasteiger partial charge < -0.3 is 10.1 Å². The maximum absolute atomic E-state index is 13.7. The van der Waals surface area contributed by atoms with Crippen LogP contribution in [0.15, 0.2) is 30.5 Å². The molecule has 0 atom stereocenters. The van der Waals surface area contributed by atoms with Gasteiger partial charge in [0.25, 0.3) is 0 Å². The van der Waals surface area contributed by atoms with E-state index >= 15 is 0 Å². The van der Waals surface area contributed by atoms with Crippen LogP contribution in [0.2, 0.25) is 0 Å². The molecule has 1 aromatic heterocycles. The fraction of sp³-hybridized carbons (Fsp3) is 0.200. The van der Waals surface area contributed by atoms with E-state index in [-0.39, 0.29) is 17.7 Å². The van der Waals surface area contributed by atoms with Gasteiger partial charge in [-0.05, 0) is 18.2 Å². The maximum atomic E-state index is 13.7. The lowest BCUT2D eigenvalue weighted by Gasteiger charge is -2.10. The second-order valence-corrected chi connectivity index (χ2v) is 4.31. The predicted molar refractivity (Wildman–Crippen MR) is 72.4 cm³/mol. The minimum Gasteiger partial charge on any atom is -0.481 e. The van der Waals surface area contributed by atoms with Crippen molar-refractivity contribution < 1.29 is 13.5 Å². The number of nitrogens with one attached hydrogen (secondary N) is 1. The number of hydrogen-bond acceptors (Lipinski definition) is 4. The van der Waals surface area contributed by atoms with Gasteiger partial charge in [0.15, 0.2) is 0 Å². The van der Waals surface area contributed by atoms with Gasteiger partial charge in [0.2, 0.25) is 5.88 Å². The highest BCUT2D eigenvalue weighted by atomic mass is 19.1. The summed E-state index contributed by atoms with van der Waals surface area (Å²) in [4.78, 5) is 4.03. The van der Waals surface area contributed by atoms with Gasteiger partial charge in [0.05, 0.1) is 18.7 Å². The Morgan fingerprint density at radius 3 is 2.62 bits per heavy atom. The van der Waals surface area contributed by atoms with E-state index in [1.807, 2.05) is 6.07 Å². The van der Waals surface area contributed by atoms with E-state index < -0.39 is 11.6 Å². The third kappa shape index (κ3) is 3.52. The van der Waals surface area contributed by atoms with E-state index in [0.717, 1.165) is 17.7 Å². The molecule has 0 spiro atoms. The first-order chi connectivity index (χ1) is 10.2. The second-order valence-electron chi connectivity index (χ2n) is 4.31. The second kappa shape index (κ2) is 6.77. The van der Waals surface area contributed by atoms with Gasteiger partial charge in [0.1, 0.15) is 11.6 Å². The molecule has 0 fully saturated rings. The average Bonchev–Trinajstić information content (AvgIpc) is 2.50. The fourth-order valence-corrected chi connectivity index (χ4v) is 1.90. The van der Waals surface area contributed by atoms with Crippen LogP contribution in [0.4, 0.5) is 8.78 Å². The molecule has 2 rings (SSSR count). The summed E-state index contributed by atoms with van der Waals surface area (Å²) in [5, 5.41) is 11.6. The molecular weight excluding hydrogens is 276 g/mol. The zero-order chi connectivity index (χ0) is 15.2. The number of hydrogen-bond donors (Lipinski definition) is 1. The maximum Gasteiger partial charge on any atom is 0.217 e. The lowest BCUT2D eigenvalue weighted by molar-refractivity contribution is 0.390. The zero-order valence-corrected chi connectivity index (χ0v) is 11.4. The average molecular weight is 289 g/mol. The number of halogens is 2. The molecule has 0 bridgehead atoms. The molecule has 6 heteroatoms. The van der Waals surface area contributed by atoms with E-state index in [2.05, 4.69) is 10.3 Å². The van der Waals surface area contributed by atoms with Gasteiger partial charge in [-0.15, -0.1) is 0 Å². The van der Waals surface area contributed by atoms with Crippen LogP contribution in [-0.4, -0.2) is 12.1 Å². The SMILES string of the molecule is COc1ncccc1CNCc1c(F)cc(C#N)cc1F. The molecule has 4 nitrogen and oxygen atoms in total. The Labute approximate surface area is 121 Å². The first kappa shape index (κ1) is 14.9. The van der Waals surface area contributed by atoms with Crippen molar-refractivity contribution in [3.05, 3.63) is 58.8 Å². The third-order valence-electron chi connectivity index (χ3n) is 2.93. The molecule has 1 heterocycles. The van der Waals surface area contributed by atoms with E-state index in [4.69, 9.17) is 10.00 Å². The number of nitriles is 1. The van der Waals surface area contributed by atoms with Gasteiger partial charge >= 0.3 is 0 Å². The summed E-state index contributed by atoms with van der Waals surface area (Å²) in [6, 6.07) is 7.31. The van der Waals surface area contributed by atoms with Crippen LogP contribution in [0.1, 0.15) is 16.7 Å². The number of aromatic nitrogens is 1. The van der Waals surface area contributed by atoms with Crippen molar-refractivity contribution in [2.45, 2.75) is 13.1 Å². The molecule has 0 amide bonds. The number of pyridine rings is 1. The largest absolute Gasteiger partial charge is 0.481 e. The van der Waals surface area contributed by atoms with Gasteiger partial charge in [0, 0.05) is 30.4 Å². The van der Waals surface area contributed by atoms with Crippen LogP contribution in [0.25, 0.3) is 0 Å². The summed E-state index contributed by atoms with van der Waals surface area (Å²) in [5.74, 6) is -1.01. The first-order valence-electron chi connectivity index (χ1n) is 6.22. The highest BCUT2D eigenvalue weighted by Gasteiger charge is 2.11. The molecule has 21 heavy (non-hydrogen) atoms. The Kier molecular flexibility index (Phi) is 4.80. The quantitative estimate of drug-likeness (QED) is 0.919. The Morgan fingerprint density at radius 1 is 1.29 bits per heavy atom. The van der Waals surface area contributed by atoms with Crippen molar-refractivity contribution in [3.63, 3.8) is 0 Å². The van der Waals surface area contributed by atoms with E-state index in [1.165, 1.54) is 7.11 Å². The molecule has 1 N–H and O–H groups in total. The summed E-state index contributed by atoms with van der Waals surface area (Å²) in [5.41, 5.74) is 0.647. The molecule has 108 valence electrons. The molecule has 0 radical (unpaired) electrons. The number of nitrogens with zero attached hydrogens (tertiary/aromatic N) is 2. The lowest BCUT2D eigenvalue weighted by atomic mass is 10.1. The van der Waals surface area contributed by atoms with E-state index in [0.29, 0.717) is 12.4 Å². The highest BCUT2D eigenvalue weighted by molar-refractivity contribution is 5.34. The summed E-state index contributed by atoms with van der Waals surface area (Å²) >= 11 is 0. The van der Waals surface area contributed by atoms with Gasteiger partial charge in [-0.2, -0.15) is 5.26 Å². The van der Waals surface area contributed by atoms with Crippen LogP contribution >= 0.6 is 0 Å². The van der Waals surface area contributed by atoms with Gasteiger partial charge in [-0.1, -0.05) is 6.07 Å². The topological polar surface area (TPSA) is 57.9 Å². The van der Waals surface area contributed by atoms with Gasteiger partial charge in [-0.3, -0.25) is 0 Å².